The molecule has 0 heterocycles. The average molecular weight is 176 g/mol. The molecule has 0 aromatic carbocycles. The van der Waals surface area contributed by atoms with Crippen molar-refractivity contribution in [1.29, 1.82) is 0 Å². The minimum absolute atomic E-state index is 0.0560. The van der Waals surface area contributed by atoms with Gasteiger partial charge in [-0.25, -0.2) is 0 Å². The van der Waals surface area contributed by atoms with Crippen LogP contribution in [-0.2, 0) is 4.79 Å². The van der Waals surface area contributed by atoms with Crippen molar-refractivity contribution >= 4 is 5.78 Å². The third kappa shape index (κ3) is 1.18. The highest BCUT2D eigenvalue weighted by atomic mass is 16.1. The molecule has 2 atom stereocenters. The molecule has 0 saturated heterocycles. The number of carbonyl (C=O) groups excluding carboxylic acids is 1. The summed E-state index contributed by atoms with van der Waals surface area (Å²) in [7, 11) is 0. The van der Waals surface area contributed by atoms with E-state index in [2.05, 4.69) is 26.0 Å². The molecule has 0 N–H and O–H groups in total. The van der Waals surface area contributed by atoms with E-state index in [-0.39, 0.29) is 5.41 Å². The van der Waals surface area contributed by atoms with Crippen molar-refractivity contribution < 1.29 is 4.79 Å². The fourth-order valence-corrected chi connectivity index (χ4v) is 2.49. The molecule has 1 spiro atoms. The van der Waals surface area contributed by atoms with Gasteiger partial charge in [0.1, 0.15) is 0 Å². The Kier molecular flexibility index (Phi) is 1.90. The quantitative estimate of drug-likeness (QED) is 0.519. The van der Waals surface area contributed by atoms with E-state index in [0.717, 1.165) is 19.3 Å². The van der Waals surface area contributed by atoms with Crippen molar-refractivity contribution in [2.45, 2.75) is 33.1 Å². The van der Waals surface area contributed by atoms with Gasteiger partial charge in [0, 0.05) is 5.41 Å². The summed E-state index contributed by atoms with van der Waals surface area (Å²) >= 11 is 0. The van der Waals surface area contributed by atoms with Crippen LogP contribution in [0.1, 0.15) is 33.1 Å². The standard InChI is InChI=1S/C12H16O/c1-9-5-7-12(11(13)8-9)6-3-4-10(12)2/h3-4,8,10H,5-7H2,1-2H3/t10-,12+/m0/s1. The Morgan fingerprint density at radius 3 is 2.85 bits per heavy atom. The number of rotatable bonds is 0. The molecule has 0 radical (unpaired) electrons. The van der Waals surface area contributed by atoms with E-state index in [1.807, 2.05) is 6.08 Å². The van der Waals surface area contributed by atoms with Gasteiger partial charge in [0.15, 0.2) is 5.78 Å². The molecular formula is C12H16O. The van der Waals surface area contributed by atoms with Crippen LogP contribution in [0.25, 0.3) is 0 Å². The van der Waals surface area contributed by atoms with Gasteiger partial charge in [0.25, 0.3) is 0 Å². The molecule has 2 rings (SSSR count). The first-order valence-electron chi connectivity index (χ1n) is 5.03. The molecule has 2 aliphatic rings. The predicted octanol–water partition coefficient (Wildman–Crippen LogP) is 2.88. The van der Waals surface area contributed by atoms with E-state index in [1.54, 1.807) is 0 Å². The molecule has 0 aromatic heterocycles. The first-order valence-corrected chi connectivity index (χ1v) is 5.03. The lowest BCUT2D eigenvalue weighted by molar-refractivity contribution is -0.126. The Balaban J connectivity index is 2.31. The molecule has 1 nitrogen and oxygen atoms in total. The largest absolute Gasteiger partial charge is 0.294 e. The highest BCUT2D eigenvalue weighted by Gasteiger charge is 2.43. The Bertz CT molecular complexity index is 298. The van der Waals surface area contributed by atoms with Gasteiger partial charge in [-0.15, -0.1) is 0 Å². The summed E-state index contributed by atoms with van der Waals surface area (Å²) in [5.41, 5.74) is 1.19. The number of ketones is 1. The molecule has 70 valence electrons. The normalized spacial score (nSPS) is 38.5. The van der Waals surface area contributed by atoms with Crippen LogP contribution in [0.2, 0.25) is 0 Å². The summed E-state index contributed by atoms with van der Waals surface area (Å²) < 4.78 is 0. The van der Waals surface area contributed by atoms with Crippen molar-refractivity contribution in [1.82, 2.24) is 0 Å². The van der Waals surface area contributed by atoms with E-state index in [1.165, 1.54) is 5.57 Å². The van der Waals surface area contributed by atoms with E-state index in [0.29, 0.717) is 11.7 Å². The highest BCUT2D eigenvalue weighted by Crippen LogP contribution is 2.46. The van der Waals surface area contributed by atoms with Gasteiger partial charge in [-0.2, -0.15) is 0 Å². The lowest BCUT2D eigenvalue weighted by atomic mass is 9.67. The van der Waals surface area contributed by atoms with Gasteiger partial charge in [-0.3, -0.25) is 4.79 Å². The molecule has 0 unspecified atom stereocenters. The molecule has 2 aliphatic carbocycles. The van der Waals surface area contributed by atoms with Crippen LogP contribution in [0.3, 0.4) is 0 Å². The third-order valence-corrected chi connectivity index (χ3v) is 3.61. The van der Waals surface area contributed by atoms with E-state index in [4.69, 9.17) is 0 Å². The van der Waals surface area contributed by atoms with Crippen LogP contribution in [0, 0.1) is 11.3 Å². The van der Waals surface area contributed by atoms with Gasteiger partial charge in [0.05, 0.1) is 0 Å². The zero-order valence-electron chi connectivity index (χ0n) is 8.34. The first-order chi connectivity index (χ1) is 6.15. The zero-order chi connectivity index (χ0) is 9.47. The van der Waals surface area contributed by atoms with E-state index < -0.39 is 0 Å². The molecular weight excluding hydrogens is 160 g/mol. The smallest absolute Gasteiger partial charge is 0.162 e. The minimum atomic E-state index is -0.0560. The topological polar surface area (TPSA) is 17.1 Å². The van der Waals surface area contributed by atoms with E-state index in [9.17, 15) is 4.79 Å². The maximum atomic E-state index is 11.9. The van der Waals surface area contributed by atoms with Crippen LogP contribution in [0.4, 0.5) is 0 Å². The lowest BCUT2D eigenvalue weighted by Crippen LogP contribution is -2.35. The molecule has 0 aromatic rings. The van der Waals surface area contributed by atoms with Crippen LogP contribution in [0.15, 0.2) is 23.8 Å². The second kappa shape index (κ2) is 2.83. The fourth-order valence-electron chi connectivity index (χ4n) is 2.49. The summed E-state index contributed by atoms with van der Waals surface area (Å²) in [6.07, 6.45) is 9.30. The van der Waals surface area contributed by atoms with Crippen LogP contribution >= 0.6 is 0 Å². The molecule has 1 heteroatoms. The summed E-state index contributed by atoms with van der Waals surface area (Å²) in [6.45, 7) is 4.22. The highest BCUT2D eigenvalue weighted by molar-refractivity contribution is 5.97. The second-order valence-corrected chi connectivity index (χ2v) is 4.43. The fraction of sp³-hybridized carbons (Fsp3) is 0.583. The summed E-state index contributed by atoms with van der Waals surface area (Å²) in [6, 6.07) is 0. The number of hydrogen-bond acceptors (Lipinski definition) is 1. The Morgan fingerprint density at radius 2 is 2.31 bits per heavy atom. The number of hydrogen-bond donors (Lipinski definition) is 0. The lowest BCUT2D eigenvalue weighted by Gasteiger charge is -2.34. The molecule has 0 bridgehead atoms. The minimum Gasteiger partial charge on any atom is -0.294 e. The van der Waals surface area contributed by atoms with Crippen molar-refractivity contribution in [3.05, 3.63) is 23.8 Å². The first kappa shape index (κ1) is 8.74. The maximum absolute atomic E-state index is 11.9. The average Bonchev–Trinajstić information content (AvgIpc) is 2.43. The molecule has 0 amide bonds. The summed E-state index contributed by atoms with van der Waals surface area (Å²) in [5.74, 6) is 0.790. The summed E-state index contributed by atoms with van der Waals surface area (Å²) in [4.78, 5) is 11.9. The number of allylic oxidation sites excluding steroid dienone is 4. The van der Waals surface area contributed by atoms with Gasteiger partial charge in [0.2, 0.25) is 0 Å². The van der Waals surface area contributed by atoms with E-state index >= 15 is 0 Å². The molecule has 0 fully saturated rings. The van der Waals surface area contributed by atoms with Crippen molar-refractivity contribution in [3.63, 3.8) is 0 Å². The van der Waals surface area contributed by atoms with Gasteiger partial charge in [-0.05, 0) is 38.2 Å². The molecule has 0 aliphatic heterocycles. The Morgan fingerprint density at radius 1 is 1.54 bits per heavy atom. The third-order valence-electron chi connectivity index (χ3n) is 3.61. The van der Waals surface area contributed by atoms with Crippen molar-refractivity contribution in [2.24, 2.45) is 11.3 Å². The molecule has 13 heavy (non-hydrogen) atoms. The predicted molar refractivity (Wildman–Crippen MR) is 53.4 cm³/mol. The zero-order valence-corrected chi connectivity index (χ0v) is 8.34. The van der Waals surface area contributed by atoms with Gasteiger partial charge >= 0.3 is 0 Å². The van der Waals surface area contributed by atoms with Crippen LogP contribution in [-0.4, -0.2) is 5.78 Å². The monoisotopic (exact) mass is 176 g/mol. The van der Waals surface area contributed by atoms with Gasteiger partial charge in [-0.1, -0.05) is 24.6 Å². The van der Waals surface area contributed by atoms with Crippen LogP contribution in [0.5, 0.6) is 0 Å². The molecule has 0 saturated carbocycles. The maximum Gasteiger partial charge on any atom is 0.162 e. The van der Waals surface area contributed by atoms with Crippen LogP contribution < -0.4 is 0 Å². The van der Waals surface area contributed by atoms with Gasteiger partial charge < -0.3 is 0 Å². The second-order valence-electron chi connectivity index (χ2n) is 4.43. The Hall–Kier alpha value is -0.850. The summed E-state index contributed by atoms with van der Waals surface area (Å²) in [5, 5.41) is 0. The van der Waals surface area contributed by atoms with Crippen molar-refractivity contribution in [3.8, 4) is 0 Å². The number of carbonyl (C=O) groups is 1. The Labute approximate surface area is 79.5 Å². The SMILES string of the molecule is CC1=CC(=O)[C@]2(CC=C[C@@H]2C)CC1. The van der Waals surface area contributed by atoms with Crippen molar-refractivity contribution in [2.75, 3.05) is 0 Å².